The van der Waals surface area contributed by atoms with Gasteiger partial charge < -0.3 is 9.88 Å². The first-order valence-corrected chi connectivity index (χ1v) is 6.65. The molecule has 1 atom stereocenters. The first kappa shape index (κ1) is 13.7. The lowest BCUT2D eigenvalue weighted by molar-refractivity contribution is 0.492. The highest BCUT2D eigenvalue weighted by Crippen LogP contribution is 2.19. The molecule has 0 spiro atoms. The van der Waals surface area contributed by atoms with Crippen LogP contribution in [0, 0.1) is 5.82 Å². The Bertz CT molecular complexity index is 522. The fourth-order valence-electron chi connectivity index (χ4n) is 2.19. The molecular formula is C15H20FN3. The van der Waals surface area contributed by atoms with E-state index in [1.54, 1.807) is 12.4 Å². The number of hydrogen-bond acceptors (Lipinski definition) is 2. The topological polar surface area (TPSA) is 29.9 Å². The summed E-state index contributed by atoms with van der Waals surface area (Å²) in [6.07, 6.45) is 5.29. The lowest BCUT2D eigenvalue weighted by atomic mass is 10.0. The molecule has 0 saturated carbocycles. The van der Waals surface area contributed by atoms with Crippen LogP contribution in [0.2, 0.25) is 0 Å². The Labute approximate surface area is 113 Å². The van der Waals surface area contributed by atoms with Gasteiger partial charge in [0.15, 0.2) is 0 Å². The largest absolute Gasteiger partial charge is 0.336 e. The molecule has 19 heavy (non-hydrogen) atoms. The molecule has 0 bridgehead atoms. The van der Waals surface area contributed by atoms with Gasteiger partial charge in [-0.1, -0.05) is 25.1 Å². The molecule has 2 rings (SSSR count). The van der Waals surface area contributed by atoms with Gasteiger partial charge in [-0.15, -0.1) is 0 Å². The summed E-state index contributed by atoms with van der Waals surface area (Å²) in [4.78, 5) is 4.14. The average molecular weight is 261 g/mol. The maximum absolute atomic E-state index is 13.8. The van der Waals surface area contributed by atoms with E-state index in [1.807, 2.05) is 29.9 Å². The molecule has 0 radical (unpaired) electrons. The van der Waals surface area contributed by atoms with Gasteiger partial charge >= 0.3 is 0 Å². The summed E-state index contributed by atoms with van der Waals surface area (Å²) in [7, 11) is 1.96. The van der Waals surface area contributed by atoms with E-state index >= 15 is 0 Å². The molecule has 0 fully saturated rings. The Morgan fingerprint density at radius 2 is 2.16 bits per heavy atom. The van der Waals surface area contributed by atoms with Gasteiger partial charge in [0.05, 0.1) is 18.1 Å². The van der Waals surface area contributed by atoms with Crippen molar-refractivity contribution in [1.82, 2.24) is 14.9 Å². The Morgan fingerprint density at radius 1 is 1.37 bits per heavy atom. The van der Waals surface area contributed by atoms with Gasteiger partial charge in [-0.3, -0.25) is 0 Å². The molecule has 1 aromatic carbocycles. The lowest BCUT2D eigenvalue weighted by Gasteiger charge is -2.19. The van der Waals surface area contributed by atoms with Gasteiger partial charge in [0.2, 0.25) is 0 Å². The molecule has 1 aromatic heterocycles. The zero-order chi connectivity index (χ0) is 13.7. The highest BCUT2D eigenvalue weighted by atomic mass is 19.1. The molecule has 1 N–H and O–H groups in total. The summed E-state index contributed by atoms with van der Waals surface area (Å²) >= 11 is 0. The number of halogens is 1. The smallest absolute Gasteiger partial charge is 0.126 e. The van der Waals surface area contributed by atoms with Gasteiger partial charge in [-0.2, -0.15) is 0 Å². The van der Waals surface area contributed by atoms with Crippen molar-refractivity contribution >= 4 is 0 Å². The van der Waals surface area contributed by atoms with Crippen molar-refractivity contribution < 1.29 is 4.39 Å². The fraction of sp³-hybridized carbons (Fsp3) is 0.400. The first-order valence-electron chi connectivity index (χ1n) is 6.65. The third-order valence-electron chi connectivity index (χ3n) is 3.23. The number of hydrogen-bond donors (Lipinski definition) is 1. The zero-order valence-electron chi connectivity index (χ0n) is 11.4. The Balaban J connectivity index is 2.19. The zero-order valence-corrected chi connectivity index (χ0v) is 11.4. The molecule has 0 saturated heterocycles. The van der Waals surface area contributed by atoms with Crippen molar-refractivity contribution in [3.63, 3.8) is 0 Å². The minimum absolute atomic E-state index is 0.0874. The van der Waals surface area contributed by atoms with E-state index in [2.05, 4.69) is 17.2 Å². The predicted octanol–water partition coefficient (Wildman–Crippen LogP) is 2.84. The minimum atomic E-state index is -0.145. The number of imidazole rings is 1. The van der Waals surface area contributed by atoms with E-state index in [0.29, 0.717) is 6.42 Å². The summed E-state index contributed by atoms with van der Waals surface area (Å²) in [5.74, 6) is -0.145. The van der Waals surface area contributed by atoms with Crippen molar-refractivity contribution in [2.24, 2.45) is 7.05 Å². The summed E-state index contributed by atoms with van der Waals surface area (Å²) in [5, 5.41) is 3.46. The number of aromatic nitrogens is 2. The molecule has 2 aromatic rings. The second-order valence-corrected chi connectivity index (χ2v) is 4.73. The second kappa shape index (κ2) is 6.48. The Hall–Kier alpha value is -1.68. The monoisotopic (exact) mass is 261 g/mol. The third-order valence-corrected chi connectivity index (χ3v) is 3.23. The van der Waals surface area contributed by atoms with Crippen molar-refractivity contribution in [2.75, 3.05) is 6.54 Å². The van der Waals surface area contributed by atoms with Crippen LogP contribution in [0.1, 0.15) is 30.6 Å². The molecule has 0 aliphatic rings. The van der Waals surface area contributed by atoms with Gasteiger partial charge in [0, 0.05) is 13.2 Å². The highest BCUT2D eigenvalue weighted by molar-refractivity contribution is 5.20. The second-order valence-electron chi connectivity index (χ2n) is 4.73. The fourth-order valence-corrected chi connectivity index (χ4v) is 2.19. The van der Waals surface area contributed by atoms with E-state index in [9.17, 15) is 4.39 Å². The maximum Gasteiger partial charge on any atom is 0.126 e. The van der Waals surface area contributed by atoms with Crippen LogP contribution in [0.15, 0.2) is 36.8 Å². The molecule has 1 unspecified atom stereocenters. The summed E-state index contributed by atoms with van der Waals surface area (Å²) in [6, 6.07) is 7.03. The van der Waals surface area contributed by atoms with Crippen LogP contribution in [0.3, 0.4) is 0 Å². The minimum Gasteiger partial charge on any atom is -0.336 e. The molecule has 102 valence electrons. The van der Waals surface area contributed by atoms with E-state index in [4.69, 9.17) is 0 Å². The number of nitrogens with one attached hydrogen (secondary N) is 1. The lowest BCUT2D eigenvalue weighted by Crippen LogP contribution is -2.26. The van der Waals surface area contributed by atoms with E-state index in [-0.39, 0.29) is 11.9 Å². The molecule has 0 amide bonds. The standard InChI is InChI=1S/C15H20FN3/c1-3-8-18-14(15-10-17-11-19(15)2)9-12-6-4-5-7-13(12)16/h4-7,10-11,14,18H,3,8-9H2,1-2H3. The van der Waals surface area contributed by atoms with Gasteiger partial charge in [0.25, 0.3) is 0 Å². The van der Waals surface area contributed by atoms with E-state index in [1.165, 1.54) is 6.07 Å². The molecule has 0 aliphatic heterocycles. The van der Waals surface area contributed by atoms with Crippen LogP contribution >= 0.6 is 0 Å². The van der Waals surface area contributed by atoms with E-state index in [0.717, 1.165) is 24.2 Å². The first-order chi connectivity index (χ1) is 9.22. The average Bonchev–Trinajstić information content (AvgIpc) is 2.83. The Kier molecular flexibility index (Phi) is 4.68. The van der Waals surface area contributed by atoms with Gasteiger partial charge in [-0.25, -0.2) is 9.37 Å². The van der Waals surface area contributed by atoms with E-state index < -0.39 is 0 Å². The van der Waals surface area contributed by atoms with Gasteiger partial charge in [-0.05, 0) is 31.0 Å². The van der Waals surface area contributed by atoms with Gasteiger partial charge in [0.1, 0.15) is 5.82 Å². The molecule has 4 heteroatoms. The van der Waals surface area contributed by atoms with Crippen LogP contribution in [0.25, 0.3) is 0 Å². The number of nitrogens with zero attached hydrogens (tertiary/aromatic N) is 2. The van der Waals surface area contributed by atoms with Crippen LogP contribution in [-0.2, 0) is 13.5 Å². The van der Waals surface area contributed by atoms with Crippen molar-refractivity contribution in [3.05, 3.63) is 53.9 Å². The third kappa shape index (κ3) is 3.41. The SMILES string of the molecule is CCCNC(Cc1ccccc1F)c1cncn1C. The summed E-state index contributed by atoms with van der Waals surface area (Å²) < 4.78 is 15.7. The van der Waals surface area contributed by atoms with Crippen molar-refractivity contribution in [1.29, 1.82) is 0 Å². The molecule has 1 heterocycles. The van der Waals surface area contributed by atoms with Crippen molar-refractivity contribution in [3.8, 4) is 0 Å². The Morgan fingerprint density at radius 3 is 2.79 bits per heavy atom. The maximum atomic E-state index is 13.8. The molecule has 0 aliphatic carbocycles. The van der Waals surface area contributed by atoms with Crippen molar-refractivity contribution in [2.45, 2.75) is 25.8 Å². The number of rotatable bonds is 6. The molecule has 3 nitrogen and oxygen atoms in total. The normalized spacial score (nSPS) is 12.6. The quantitative estimate of drug-likeness (QED) is 0.866. The van der Waals surface area contributed by atoms with Crippen LogP contribution in [0.4, 0.5) is 4.39 Å². The highest BCUT2D eigenvalue weighted by Gasteiger charge is 2.16. The molecular weight excluding hydrogens is 241 g/mol. The predicted molar refractivity (Wildman–Crippen MR) is 74.3 cm³/mol. The summed E-state index contributed by atoms with van der Waals surface area (Å²) in [6.45, 7) is 3.03. The number of aryl methyl sites for hydroxylation is 1. The summed E-state index contributed by atoms with van der Waals surface area (Å²) in [5.41, 5.74) is 1.81. The van der Waals surface area contributed by atoms with Crippen LogP contribution in [0.5, 0.6) is 0 Å². The van der Waals surface area contributed by atoms with Crippen LogP contribution < -0.4 is 5.32 Å². The number of benzene rings is 1. The van der Waals surface area contributed by atoms with Crippen LogP contribution in [-0.4, -0.2) is 16.1 Å².